The lowest BCUT2D eigenvalue weighted by Gasteiger charge is -1.95. The molecule has 0 saturated heterocycles. The molecular formula is C10H12O7S. The maximum atomic E-state index is 10.4. The molecule has 0 radical (unpaired) electrons. The summed E-state index contributed by atoms with van der Waals surface area (Å²) in [5, 5.41) is 17.0. The van der Waals surface area contributed by atoms with E-state index in [9.17, 15) is 18.0 Å². The number of carboxylic acid groups (broad SMARTS) is 2. The Hall–Kier alpha value is -1.93. The van der Waals surface area contributed by atoms with Crippen LogP contribution in [0.2, 0.25) is 0 Å². The summed E-state index contributed by atoms with van der Waals surface area (Å²) in [6.07, 6.45) is 0.993. The van der Waals surface area contributed by atoms with Gasteiger partial charge in [-0.05, 0) is 18.2 Å². The van der Waals surface area contributed by atoms with Crippen molar-refractivity contribution in [3.8, 4) is 0 Å². The van der Waals surface area contributed by atoms with Crippen molar-refractivity contribution in [2.24, 2.45) is 0 Å². The van der Waals surface area contributed by atoms with Gasteiger partial charge < -0.3 is 10.2 Å². The highest BCUT2D eigenvalue weighted by molar-refractivity contribution is 7.85. The number of benzene rings is 1. The second-order valence-electron chi connectivity index (χ2n) is 3.06. The Morgan fingerprint density at radius 3 is 1.67 bits per heavy atom. The number of carboxylic acids is 2. The lowest BCUT2D eigenvalue weighted by molar-refractivity contribution is 0.0696. The summed E-state index contributed by atoms with van der Waals surface area (Å²) >= 11 is 0. The van der Waals surface area contributed by atoms with E-state index in [0.717, 1.165) is 19.4 Å². The molecular weight excluding hydrogens is 264 g/mol. The van der Waals surface area contributed by atoms with Crippen LogP contribution in [0.1, 0.15) is 20.7 Å². The average molecular weight is 276 g/mol. The molecule has 0 aromatic heterocycles. The van der Waals surface area contributed by atoms with Gasteiger partial charge in [-0.15, -0.1) is 0 Å². The van der Waals surface area contributed by atoms with Crippen LogP contribution < -0.4 is 0 Å². The summed E-state index contributed by atoms with van der Waals surface area (Å²) in [4.78, 5) is 20.8. The Morgan fingerprint density at radius 2 is 1.44 bits per heavy atom. The molecule has 1 aromatic rings. The molecule has 0 heterocycles. The predicted molar refractivity (Wildman–Crippen MR) is 62.2 cm³/mol. The first kappa shape index (κ1) is 16.1. The number of rotatable bonds is 3. The highest BCUT2D eigenvalue weighted by Crippen LogP contribution is 2.04. The zero-order valence-corrected chi connectivity index (χ0v) is 10.5. The molecule has 1 aromatic carbocycles. The van der Waals surface area contributed by atoms with E-state index in [1.165, 1.54) is 18.2 Å². The third kappa shape index (κ3) is 6.61. The van der Waals surface area contributed by atoms with Gasteiger partial charge in [-0.25, -0.2) is 9.59 Å². The first-order valence-corrected chi connectivity index (χ1v) is 6.31. The SMILES string of the molecule is COS(C)(=O)=O.O=C(O)c1cccc(C(=O)O)c1. The number of hydrogen-bond acceptors (Lipinski definition) is 5. The van der Waals surface area contributed by atoms with Crippen LogP contribution in [0.25, 0.3) is 0 Å². The fourth-order valence-corrected chi connectivity index (χ4v) is 0.785. The Bertz CT molecular complexity index is 504. The number of aromatic carboxylic acids is 2. The van der Waals surface area contributed by atoms with E-state index in [4.69, 9.17) is 10.2 Å². The van der Waals surface area contributed by atoms with Gasteiger partial charge in [-0.2, -0.15) is 8.42 Å². The molecule has 0 aliphatic carbocycles. The van der Waals surface area contributed by atoms with E-state index in [1.807, 2.05) is 0 Å². The van der Waals surface area contributed by atoms with Crippen LogP contribution in [0, 0.1) is 0 Å². The van der Waals surface area contributed by atoms with E-state index in [2.05, 4.69) is 4.18 Å². The molecule has 100 valence electrons. The van der Waals surface area contributed by atoms with Gasteiger partial charge in [-0.1, -0.05) is 6.07 Å². The first-order chi connectivity index (χ1) is 8.17. The van der Waals surface area contributed by atoms with Crippen LogP contribution in [0.5, 0.6) is 0 Å². The summed E-state index contributed by atoms with van der Waals surface area (Å²) in [7, 11) is -2.04. The second kappa shape index (κ2) is 6.72. The standard InChI is InChI=1S/C8H6O4.C2H6O3S/c9-7(10)5-2-1-3-6(4-5)8(11)12;1-5-6(2,3)4/h1-4H,(H,9,10)(H,11,12);1-2H3. The van der Waals surface area contributed by atoms with Crippen molar-refractivity contribution in [2.45, 2.75) is 0 Å². The average Bonchev–Trinajstić information content (AvgIpc) is 2.29. The van der Waals surface area contributed by atoms with E-state index >= 15 is 0 Å². The highest BCUT2D eigenvalue weighted by Gasteiger charge is 2.06. The van der Waals surface area contributed by atoms with Crippen molar-refractivity contribution in [1.29, 1.82) is 0 Å². The van der Waals surface area contributed by atoms with Crippen molar-refractivity contribution in [1.82, 2.24) is 0 Å². The van der Waals surface area contributed by atoms with Crippen LogP contribution in [0.15, 0.2) is 24.3 Å². The molecule has 0 fully saturated rings. The van der Waals surface area contributed by atoms with Gasteiger partial charge in [0.15, 0.2) is 0 Å². The minimum absolute atomic E-state index is 0.0186. The maximum Gasteiger partial charge on any atom is 0.335 e. The number of hydrogen-bond donors (Lipinski definition) is 2. The van der Waals surface area contributed by atoms with Crippen molar-refractivity contribution >= 4 is 22.1 Å². The highest BCUT2D eigenvalue weighted by atomic mass is 32.2. The van der Waals surface area contributed by atoms with Gasteiger partial charge in [-0.3, -0.25) is 4.18 Å². The van der Waals surface area contributed by atoms with Crippen LogP contribution in [0.3, 0.4) is 0 Å². The van der Waals surface area contributed by atoms with Crippen LogP contribution in [-0.2, 0) is 14.3 Å². The smallest absolute Gasteiger partial charge is 0.335 e. The first-order valence-electron chi connectivity index (χ1n) is 4.49. The second-order valence-corrected chi connectivity index (χ2v) is 4.80. The fourth-order valence-electron chi connectivity index (χ4n) is 0.785. The zero-order chi connectivity index (χ0) is 14.3. The third-order valence-electron chi connectivity index (χ3n) is 1.66. The molecule has 0 aliphatic heterocycles. The Labute approximate surface area is 104 Å². The minimum Gasteiger partial charge on any atom is -0.478 e. The van der Waals surface area contributed by atoms with E-state index < -0.39 is 22.1 Å². The lowest BCUT2D eigenvalue weighted by Crippen LogP contribution is -2.01. The van der Waals surface area contributed by atoms with E-state index in [1.54, 1.807) is 0 Å². The van der Waals surface area contributed by atoms with Crippen molar-refractivity contribution in [3.05, 3.63) is 35.4 Å². The largest absolute Gasteiger partial charge is 0.478 e. The van der Waals surface area contributed by atoms with Gasteiger partial charge in [0.2, 0.25) is 0 Å². The summed E-state index contributed by atoms with van der Waals surface area (Å²) in [5.41, 5.74) is -0.0372. The Kier molecular flexibility index (Phi) is 6.00. The van der Waals surface area contributed by atoms with Crippen molar-refractivity contribution in [3.63, 3.8) is 0 Å². The Morgan fingerprint density at radius 1 is 1.11 bits per heavy atom. The quantitative estimate of drug-likeness (QED) is 0.779. The topological polar surface area (TPSA) is 118 Å². The molecule has 0 spiro atoms. The molecule has 0 atom stereocenters. The maximum absolute atomic E-state index is 10.4. The van der Waals surface area contributed by atoms with Gasteiger partial charge in [0.25, 0.3) is 10.1 Å². The van der Waals surface area contributed by atoms with Crippen LogP contribution >= 0.6 is 0 Å². The van der Waals surface area contributed by atoms with Crippen LogP contribution in [-0.4, -0.2) is 43.9 Å². The lowest BCUT2D eigenvalue weighted by atomic mass is 10.1. The minimum atomic E-state index is -3.16. The van der Waals surface area contributed by atoms with E-state index in [0.29, 0.717) is 0 Å². The molecule has 0 unspecified atom stereocenters. The third-order valence-corrected chi connectivity index (χ3v) is 2.26. The molecule has 0 bridgehead atoms. The summed E-state index contributed by atoms with van der Waals surface area (Å²) in [5.74, 6) is -2.25. The fraction of sp³-hybridized carbons (Fsp3) is 0.200. The molecule has 1 rings (SSSR count). The molecule has 0 aliphatic rings. The van der Waals surface area contributed by atoms with Gasteiger partial charge in [0.1, 0.15) is 0 Å². The molecule has 0 amide bonds. The van der Waals surface area contributed by atoms with Gasteiger partial charge >= 0.3 is 11.9 Å². The summed E-state index contributed by atoms with van der Waals surface area (Å²) < 4.78 is 23.5. The molecule has 18 heavy (non-hydrogen) atoms. The van der Waals surface area contributed by atoms with Crippen molar-refractivity contribution in [2.75, 3.05) is 13.4 Å². The van der Waals surface area contributed by atoms with Crippen LogP contribution in [0.4, 0.5) is 0 Å². The molecule has 8 heteroatoms. The number of carbonyl (C=O) groups is 2. The van der Waals surface area contributed by atoms with Gasteiger partial charge in [0, 0.05) is 0 Å². The monoisotopic (exact) mass is 276 g/mol. The normalized spacial score (nSPS) is 10.1. The zero-order valence-electron chi connectivity index (χ0n) is 9.65. The van der Waals surface area contributed by atoms with Gasteiger partial charge in [0.05, 0.1) is 24.5 Å². The molecule has 2 N–H and O–H groups in total. The summed E-state index contributed by atoms with van der Waals surface area (Å²) in [6.45, 7) is 0. The predicted octanol–water partition coefficient (Wildman–Crippen LogP) is 0.675. The van der Waals surface area contributed by atoms with Crippen molar-refractivity contribution < 1.29 is 32.4 Å². The van der Waals surface area contributed by atoms with E-state index in [-0.39, 0.29) is 11.1 Å². The molecule has 7 nitrogen and oxygen atoms in total. The summed E-state index contributed by atoms with van der Waals surface area (Å²) in [6, 6.07) is 5.20. The Balaban J connectivity index is 0.000000411. The molecule has 0 saturated carbocycles.